The Hall–Kier alpha value is -5.22. The van der Waals surface area contributed by atoms with Gasteiger partial charge in [0.05, 0.1) is 23.7 Å². The molecule has 7 rings (SSSR count). The number of nitrogens with zero attached hydrogens (tertiary/aromatic N) is 7. The summed E-state index contributed by atoms with van der Waals surface area (Å²) < 4.78 is 85.5. The maximum atomic E-state index is 14.5. The highest BCUT2D eigenvalue weighted by Gasteiger charge is 2.68. The van der Waals surface area contributed by atoms with Gasteiger partial charge < -0.3 is 4.90 Å². The number of Topliss-reactive ketones (excluding diaryl/α,β-unsaturated/α-hetero) is 2. The molecule has 1 saturated heterocycles. The fourth-order valence-electron chi connectivity index (χ4n) is 8.28. The summed E-state index contributed by atoms with van der Waals surface area (Å²) >= 11 is 0. The van der Waals surface area contributed by atoms with Crippen molar-refractivity contribution in [2.75, 3.05) is 6.54 Å². The van der Waals surface area contributed by atoms with E-state index in [0.717, 1.165) is 11.6 Å². The Morgan fingerprint density at radius 3 is 2.25 bits per heavy atom. The Bertz CT molecular complexity index is 2240. The van der Waals surface area contributed by atoms with Gasteiger partial charge in [0.2, 0.25) is 11.8 Å². The second-order valence-electron chi connectivity index (χ2n) is 15.2. The van der Waals surface area contributed by atoms with Crippen molar-refractivity contribution < 1.29 is 45.5 Å². The van der Waals surface area contributed by atoms with Crippen LogP contribution < -0.4 is 0 Å². The van der Waals surface area contributed by atoms with Crippen LogP contribution in [0.5, 0.6) is 0 Å². The van der Waals surface area contributed by atoms with Gasteiger partial charge >= 0.3 is 12.5 Å². The van der Waals surface area contributed by atoms with Crippen molar-refractivity contribution in [2.45, 2.75) is 110 Å². The second kappa shape index (κ2) is 14.4. The molecule has 2 bridgehead atoms. The smallest absolute Gasteiger partial charge is 0.327 e. The van der Waals surface area contributed by atoms with Gasteiger partial charge in [-0.2, -0.15) is 18.3 Å². The van der Waals surface area contributed by atoms with Crippen molar-refractivity contribution in [2.24, 2.45) is 5.41 Å². The quantitative estimate of drug-likeness (QED) is 0.123. The van der Waals surface area contributed by atoms with E-state index in [-0.39, 0.29) is 47.8 Å². The van der Waals surface area contributed by atoms with Gasteiger partial charge in [0.15, 0.2) is 11.6 Å². The van der Waals surface area contributed by atoms with E-state index in [0.29, 0.717) is 59.1 Å². The number of amides is 2. The van der Waals surface area contributed by atoms with Gasteiger partial charge in [0.1, 0.15) is 23.8 Å². The third kappa shape index (κ3) is 7.51. The fraction of sp³-hybridized carbons (Fsp3) is 0.487. The molecule has 2 aliphatic heterocycles. The monoisotopic (exact) mass is 783 g/mol. The highest BCUT2D eigenvalue weighted by atomic mass is 19.4. The standard InChI is InChI=1S/C39H39F6N7O4/c1-21-10-11-31(38(40,41)42)48-28(21)14-30(54)29-15-37-16-32(37)52(29)34(56)19-51-36-24(8-6-4-5-7-9-33(55)50(20-37)39(43,44)45)12-25(26-17-46-23(3)47-18-26)13-27(36)35(49-51)22(2)53/h10-13,17-18,29,32H,4-9,14-16,19-20H2,1-3H3/t29-,32+,37-/m0/s1. The Kier molecular flexibility index (Phi) is 10.0. The highest BCUT2D eigenvalue weighted by Crippen LogP contribution is 2.61. The molecule has 1 saturated carbocycles. The summed E-state index contributed by atoms with van der Waals surface area (Å²) in [6, 6.07) is 3.46. The molecule has 11 nitrogen and oxygen atoms in total. The first-order valence-corrected chi connectivity index (χ1v) is 18.4. The van der Waals surface area contributed by atoms with Gasteiger partial charge in [-0.3, -0.25) is 28.8 Å². The van der Waals surface area contributed by atoms with Crippen molar-refractivity contribution in [1.82, 2.24) is 34.5 Å². The molecule has 0 radical (unpaired) electrons. The average molecular weight is 784 g/mol. The maximum absolute atomic E-state index is 14.5. The molecule has 1 aromatic carbocycles. The van der Waals surface area contributed by atoms with E-state index in [4.69, 9.17) is 0 Å². The van der Waals surface area contributed by atoms with Crippen LogP contribution >= 0.6 is 0 Å². The van der Waals surface area contributed by atoms with Crippen LogP contribution in [0.25, 0.3) is 22.0 Å². The number of piperidine rings is 1. The predicted octanol–water partition coefficient (Wildman–Crippen LogP) is 6.75. The van der Waals surface area contributed by atoms with Crippen LogP contribution in [-0.2, 0) is 39.9 Å². The first-order chi connectivity index (χ1) is 26.4. The van der Waals surface area contributed by atoms with Crippen LogP contribution in [0.4, 0.5) is 26.3 Å². The summed E-state index contributed by atoms with van der Waals surface area (Å²) in [4.78, 5) is 68.1. The lowest BCUT2D eigenvalue weighted by Crippen LogP contribution is -2.46. The maximum Gasteiger partial charge on any atom is 0.487 e. The number of benzene rings is 1. The molecule has 2 fully saturated rings. The molecule has 56 heavy (non-hydrogen) atoms. The first kappa shape index (κ1) is 39.0. The van der Waals surface area contributed by atoms with Gasteiger partial charge in [-0.25, -0.2) is 15.0 Å². The fourth-order valence-corrected chi connectivity index (χ4v) is 8.28. The topological polar surface area (TPSA) is 131 Å². The van der Waals surface area contributed by atoms with E-state index < -0.39 is 72.8 Å². The SMILES string of the molecule is CC(=O)c1nn2c3c(cc(-c4cnc(C)nc4)cc13)CCCCCCC(=O)N(C(F)(F)F)C[C@@]13C[C@@H](C(=O)Cc4nc(C(F)(F)F)ccc4C)N(C(=O)C2)[C@@H]1C3. The lowest BCUT2D eigenvalue weighted by molar-refractivity contribution is -0.244. The van der Waals surface area contributed by atoms with Crippen LogP contribution in [0, 0.1) is 19.3 Å². The number of aryl methyl sites for hydroxylation is 3. The molecule has 3 aliphatic rings. The third-order valence-electron chi connectivity index (χ3n) is 11.2. The number of carbonyl (C=O) groups excluding carboxylic acids is 4. The number of alkyl halides is 6. The van der Waals surface area contributed by atoms with Crippen molar-refractivity contribution in [3.63, 3.8) is 0 Å². The van der Waals surface area contributed by atoms with E-state index in [1.807, 2.05) is 6.07 Å². The molecule has 1 aliphatic carbocycles. The Morgan fingerprint density at radius 1 is 0.893 bits per heavy atom. The minimum atomic E-state index is -5.02. The highest BCUT2D eigenvalue weighted by molar-refractivity contribution is 6.07. The molecule has 296 valence electrons. The van der Waals surface area contributed by atoms with Gasteiger partial charge in [-0.05, 0) is 80.8 Å². The average Bonchev–Trinajstić information content (AvgIpc) is 3.52. The molecule has 3 aromatic heterocycles. The van der Waals surface area contributed by atoms with Gasteiger partial charge in [-0.15, -0.1) is 13.2 Å². The van der Waals surface area contributed by atoms with Crippen LogP contribution in [-0.4, -0.2) is 82.8 Å². The number of hydrogen-bond donors (Lipinski definition) is 0. The van der Waals surface area contributed by atoms with Crippen LogP contribution in [0.15, 0.2) is 36.7 Å². The number of carbonyl (C=O) groups is 4. The van der Waals surface area contributed by atoms with E-state index in [2.05, 4.69) is 20.1 Å². The summed E-state index contributed by atoms with van der Waals surface area (Å²) in [6.45, 7) is 3.32. The lowest BCUT2D eigenvalue weighted by atomic mass is 9.94. The molecule has 0 unspecified atom stereocenters. The number of hydrogen-bond acceptors (Lipinski definition) is 8. The Labute approximate surface area is 317 Å². The van der Waals surface area contributed by atoms with Crippen molar-refractivity contribution in [1.29, 1.82) is 0 Å². The Balaban J connectivity index is 1.31. The molecule has 4 aromatic rings. The minimum absolute atomic E-state index is 0.0784. The molecule has 2 amide bonds. The van der Waals surface area contributed by atoms with Crippen LogP contribution in [0.1, 0.15) is 90.7 Å². The summed E-state index contributed by atoms with van der Waals surface area (Å²) in [5, 5.41) is 5.05. The number of pyridine rings is 1. The molecular weight excluding hydrogens is 744 g/mol. The van der Waals surface area contributed by atoms with Crippen molar-refractivity contribution in [3.8, 4) is 11.1 Å². The summed E-state index contributed by atoms with van der Waals surface area (Å²) in [6.07, 6.45) is -5.33. The minimum Gasteiger partial charge on any atom is -0.327 e. The summed E-state index contributed by atoms with van der Waals surface area (Å²) in [7, 11) is 0. The van der Waals surface area contributed by atoms with Crippen molar-refractivity contribution in [3.05, 3.63) is 70.7 Å². The van der Waals surface area contributed by atoms with Crippen LogP contribution in [0.2, 0.25) is 0 Å². The van der Waals surface area contributed by atoms with Gasteiger partial charge in [0, 0.05) is 54.7 Å². The third-order valence-corrected chi connectivity index (χ3v) is 11.2. The first-order valence-electron chi connectivity index (χ1n) is 18.4. The molecule has 3 atom stereocenters. The largest absolute Gasteiger partial charge is 0.487 e. The normalized spacial score (nSPS) is 22.3. The zero-order chi connectivity index (χ0) is 40.3. The van der Waals surface area contributed by atoms with Crippen LogP contribution in [0.3, 0.4) is 0 Å². The molecular formula is C39H39F6N7O4. The zero-order valence-corrected chi connectivity index (χ0v) is 30.9. The summed E-state index contributed by atoms with van der Waals surface area (Å²) in [5.74, 6) is -2.28. The van der Waals surface area contributed by atoms with E-state index >= 15 is 0 Å². The molecule has 0 spiro atoms. The predicted molar refractivity (Wildman–Crippen MR) is 189 cm³/mol. The number of rotatable bonds is 5. The van der Waals surface area contributed by atoms with E-state index in [1.54, 1.807) is 25.4 Å². The van der Waals surface area contributed by atoms with E-state index in [9.17, 15) is 45.5 Å². The number of aromatic nitrogens is 5. The summed E-state index contributed by atoms with van der Waals surface area (Å²) in [5.41, 5.74) is 0.368. The van der Waals surface area contributed by atoms with E-state index in [1.165, 1.54) is 29.5 Å². The lowest BCUT2D eigenvalue weighted by Gasteiger charge is -2.29. The molecule has 17 heteroatoms. The number of halogens is 6. The molecule has 5 heterocycles. The zero-order valence-electron chi connectivity index (χ0n) is 30.9. The van der Waals surface area contributed by atoms with Gasteiger partial charge in [-0.1, -0.05) is 18.9 Å². The second-order valence-corrected chi connectivity index (χ2v) is 15.2. The van der Waals surface area contributed by atoms with Gasteiger partial charge in [0.25, 0.3) is 0 Å². The molecule has 0 N–H and O–H groups in total. The number of ketones is 2. The Morgan fingerprint density at radius 2 is 1.59 bits per heavy atom. The van der Waals surface area contributed by atoms with Crippen molar-refractivity contribution >= 4 is 34.3 Å².